The maximum atomic E-state index is 13.4. The van der Waals surface area contributed by atoms with E-state index in [0.717, 1.165) is 12.1 Å². The van der Waals surface area contributed by atoms with E-state index in [4.69, 9.17) is 15.7 Å². The summed E-state index contributed by atoms with van der Waals surface area (Å²) in [5, 5.41) is 8.87. The molecule has 0 spiro atoms. The molecule has 96 valence electrons. The minimum atomic E-state index is -0.695. The molecule has 0 heterocycles. The summed E-state index contributed by atoms with van der Waals surface area (Å²) in [7, 11) is 0. The Morgan fingerprint density at radius 1 is 1.16 bits per heavy atom. The highest BCUT2D eigenvalue weighted by Gasteiger charge is 2.13. The third-order valence-corrected chi connectivity index (χ3v) is 2.97. The minimum absolute atomic E-state index is 0.0210. The van der Waals surface area contributed by atoms with Gasteiger partial charge in [-0.1, -0.05) is 6.07 Å². The van der Waals surface area contributed by atoms with Gasteiger partial charge in [0.05, 0.1) is 10.2 Å². The highest BCUT2D eigenvalue weighted by molar-refractivity contribution is 9.10. The molecule has 0 amide bonds. The standard InChI is InChI=1S/C13H7BrF2N2O/c14-8-4-13(11(18)5-10(8)16)19-12-3-1-2-9(15)7(12)6-17/h1-5H,18H2. The average Bonchev–Trinajstić information content (AvgIpc) is 2.36. The van der Waals surface area contributed by atoms with Gasteiger partial charge in [-0.3, -0.25) is 0 Å². The van der Waals surface area contributed by atoms with E-state index in [-0.39, 0.29) is 27.2 Å². The summed E-state index contributed by atoms with van der Waals surface area (Å²) in [5.41, 5.74) is 5.42. The average molecular weight is 325 g/mol. The van der Waals surface area contributed by atoms with Crippen molar-refractivity contribution in [3.05, 3.63) is 52.0 Å². The summed E-state index contributed by atoms with van der Waals surface area (Å²) < 4.78 is 32.1. The van der Waals surface area contributed by atoms with Crippen LogP contribution in [0.2, 0.25) is 0 Å². The van der Waals surface area contributed by atoms with Crippen molar-refractivity contribution in [3.63, 3.8) is 0 Å². The maximum absolute atomic E-state index is 13.4. The van der Waals surface area contributed by atoms with Crippen LogP contribution < -0.4 is 10.5 Å². The number of ether oxygens (including phenoxy) is 1. The van der Waals surface area contributed by atoms with Gasteiger partial charge in [0, 0.05) is 12.1 Å². The summed E-state index contributed by atoms with van der Waals surface area (Å²) in [5.74, 6) is -1.08. The fourth-order valence-corrected chi connectivity index (χ4v) is 1.77. The monoisotopic (exact) mass is 324 g/mol. The fraction of sp³-hybridized carbons (Fsp3) is 0. The zero-order valence-corrected chi connectivity index (χ0v) is 11.0. The summed E-state index contributed by atoms with van der Waals surface area (Å²) in [6.07, 6.45) is 0. The van der Waals surface area contributed by atoms with Crippen LogP contribution in [0.3, 0.4) is 0 Å². The van der Waals surface area contributed by atoms with Gasteiger partial charge in [-0.25, -0.2) is 8.78 Å². The predicted molar refractivity (Wildman–Crippen MR) is 69.7 cm³/mol. The van der Waals surface area contributed by atoms with Crippen LogP contribution in [0.4, 0.5) is 14.5 Å². The van der Waals surface area contributed by atoms with E-state index in [1.807, 2.05) is 0 Å². The first-order valence-corrected chi connectivity index (χ1v) is 5.93. The van der Waals surface area contributed by atoms with Crippen LogP contribution in [0.5, 0.6) is 11.5 Å². The van der Waals surface area contributed by atoms with E-state index in [0.29, 0.717) is 0 Å². The molecule has 0 bridgehead atoms. The summed E-state index contributed by atoms with van der Waals surface area (Å²) in [6, 6.07) is 8.07. The molecule has 2 rings (SSSR count). The van der Waals surface area contributed by atoms with E-state index < -0.39 is 11.6 Å². The Balaban J connectivity index is 2.45. The maximum Gasteiger partial charge on any atom is 0.151 e. The van der Waals surface area contributed by atoms with Crippen LogP contribution in [0.15, 0.2) is 34.8 Å². The molecule has 0 fully saturated rings. The number of nitriles is 1. The van der Waals surface area contributed by atoms with Crippen LogP contribution in [0.1, 0.15) is 5.56 Å². The van der Waals surface area contributed by atoms with Crippen molar-refractivity contribution in [3.8, 4) is 17.6 Å². The minimum Gasteiger partial charge on any atom is -0.454 e. The number of benzene rings is 2. The van der Waals surface area contributed by atoms with Gasteiger partial charge in [0.25, 0.3) is 0 Å². The second-order valence-corrected chi connectivity index (χ2v) is 4.49. The number of anilines is 1. The number of hydrogen-bond acceptors (Lipinski definition) is 3. The van der Waals surface area contributed by atoms with Crippen molar-refractivity contribution in [2.75, 3.05) is 5.73 Å². The SMILES string of the molecule is N#Cc1c(F)cccc1Oc1cc(Br)c(F)cc1N. The lowest BCUT2D eigenvalue weighted by Crippen LogP contribution is -1.96. The van der Waals surface area contributed by atoms with Gasteiger partial charge in [0.2, 0.25) is 0 Å². The molecule has 0 aliphatic heterocycles. The van der Waals surface area contributed by atoms with Crippen LogP contribution in [-0.4, -0.2) is 0 Å². The van der Waals surface area contributed by atoms with E-state index in [1.165, 1.54) is 18.2 Å². The fourth-order valence-electron chi connectivity index (χ4n) is 1.45. The first-order chi connectivity index (χ1) is 9.02. The smallest absolute Gasteiger partial charge is 0.151 e. The second kappa shape index (κ2) is 5.24. The molecule has 0 aliphatic rings. The van der Waals surface area contributed by atoms with E-state index in [2.05, 4.69) is 15.9 Å². The largest absolute Gasteiger partial charge is 0.454 e. The van der Waals surface area contributed by atoms with Gasteiger partial charge in [-0.2, -0.15) is 5.26 Å². The quantitative estimate of drug-likeness (QED) is 0.850. The first kappa shape index (κ1) is 13.3. The van der Waals surface area contributed by atoms with Crippen molar-refractivity contribution in [1.82, 2.24) is 0 Å². The third kappa shape index (κ3) is 2.66. The van der Waals surface area contributed by atoms with Crippen molar-refractivity contribution < 1.29 is 13.5 Å². The Kier molecular flexibility index (Phi) is 3.67. The highest BCUT2D eigenvalue weighted by Crippen LogP contribution is 2.34. The molecule has 0 radical (unpaired) electrons. The Bertz CT molecular complexity index is 683. The van der Waals surface area contributed by atoms with Crippen LogP contribution in [0.25, 0.3) is 0 Å². The molecule has 2 N–H and O–H groups in total. The molecule has 19 heavy (non-hydrogen) atoms. The molecule has 2 aromatic carbocycles. The highest BCUT2D eigenvalue weighted by atomic mass is 79.9. The number of rotatable bonds is 2. The Morgan fingerprint density at radius 2 is 1.89 bits per heavy atom. The third-order valence-electron chi connectivity index (χ3n) is 2.36. The number of halogens is 3. The summed E-state index contributed by atoms with van der Waals surface area (Å²) >= 11 is 2.99. The van der Waals surface area contributed by atoms with E-state index in [9.17, 15) is 8.78 Å². The zero-order valence-electron chi connectivity index (χ0n) is 9.45. The molecule has 0 atom stereocenters. The van der Waals surface area contributed by atoms with Crippen LogP contribution in [0, 0.1) is 23.0 Å². The van der Waals surface area contributed by atoms with Gasteiger partial charge in [0.1, 0.15) is 29.0 Å². The second-order valence-electron chi connectivity index (χ2n) is 3.63. The van der Waals surface area contributed by atoms with Gasteiger partial charge < -0.3 is 10.5 Å². The lowest BCUT2D eigenvalue weighted by Gasteiger charge is -2.10. The van der Waals surface area contributed by atoms with Gasteiger partial charge >= 0.3 is 0 Å². The van der Waals surface area contributed by atoms with Crippen molar-refractivity contribution >= 4 is 21.6 Å². The topological polar surface area (TPSA) is 59.0 Å². The predicted octanol–water partition coefficient (Wildman–Crippen LogP) is 3.97. The van der Waals surface area contributed by atoms with E-state index >= 15 is 0 Å². The summed E-state index contributed by atoms with van der Waals surface area (Å²) in [4.78, 5) is 0. The lowest BCUT2D eigenvalue weighted by molar-refractivity contribution is 0.474. The Labute approximate surface area is 116 Å². The Morgan fingerprint density at radius 3 is 2.58 bits per heavy atom. The van der Waals surface area contributed by atoms with Gasteiger partial charge in [-0.05, 0) is 28.1 Å². The Hall–Kier alpha value is -2.13. The van der Waals surface area contributed by atoms with Crippen LogP contribution >= 0.6 is 15.9 Å². The molecule has 6 heteroatoms. The van der Waals surface area contributed by atoms with Crippen molar-refractivity contribution in [2.45, 2.75) is 0 Å². The molecular weight excluding hydrogens is 318 g/mol. The zero-order chi connectivity index (χ0) is 14.0. The number of hydrogen-bond donors (Lipinski definition) is 1. The number of nitrogens with zero attached hydrogens (tertiary/aromatic N) is 1. The van der Waals surface area contributed by atoms with Gasteiger partial charge in [0.15, 0.2) is 5.75 Å². The molecule has 0 aromatic heterocycles. The molecule has 2 aromatic rings. The molecule has 0 unspecified atom stereocenters. The molecule has 3 nitrogen and oxygen atoms in total. The normalized spacial score (nSPS) is 10.0. The van der Waals surface area contributed by atoms with Crippen LogP contribution in [-0.2, 0) is 0 Å². The molecule has 0 saturated heterocycles. The lowest BCUT2D eigenvalue weighted by atomic mass is 10.2. The first-order valence-electron chi connectivity index (χ1n) is 5.14. The molecule has 0 aliphatic carbocycles. The van der Waals surface area contributed by atoms with E-state index in [1.54, 1.807) is 6.07 Å². The van der Waals surface area contributed by atoms with Crippen molar-refractivity contribution in [2.24, 2.45) is 0 Å². The van der Waals surface area contributed by atoms with Crippen molar-refractivity contribution in [1.29, 1.82) is 5.26 Å². The molecular formula is C13H7BrF2N2O. The van der Waals surface area contributed by atoms with Gasteiger partial charge in [-0.15, -0.1) is 0 Å². The number of nitrogens with two attached hydrogens (primary N) is 1. The molecule has 0 saturated carbocycles. The summed E-state index contributed by atoms with van der Waals surface area (Å²) in [6.45, 7) is 0. The number of nitrogen functional groups attached to an aromatic ring is 1.